The van der Waals surface area contributed by atoms with Crippen LogP contribution in [-0.4, -0.2) is 57.6 Å². The van der Waals surface area contributed by atoms with E-state index in [-0.39, 0.29) is 24.9 Å². The molecular weight excluding hydrogens is 284 g/mol. The Labute approximate surface area is 128 Å². The molecule has 2 amide bonds. The molecule has 0 unspecified atom stereocenters. The molecule has 2 rings (SSSR count). The maximum Gasteiger partial charge on any atom is 0.246 e. The standard InChI is InChI=1S/C14H18N6O2/c1-10-4-6-11(7-5-10)14-16-18-20(17-14)9-13(22)19(3)8-12(21)15-2/h4-7H,8-9H2,1-3H3,(H,15,21). The molecular formula is C14H18N6O2. The van der Waals surface area contributed by atoms with Crippen LogP contribution in [0.25, 0.3) is 11.4 Å². The second-order valence-electron chi connectivity index (χ2n) is 4.93. The highest BCUT2D eigenvalue weighted by molar-refractivity contribution is 5.84. The summed E-state index contributed by atoms with van der Waals surface area (Å²) in [6.07, 6.45) is 0. The fraction of sp³-hybridized carbons (Fsp3) is 0.357. The van der Waals surface area contributed by atoms with Gasteiger partial charge in [-0.25, -0.2) is 0 Å². The summed E-state index contributed by atoms with van der Waals surface area (Å²) in [5.74, 6) is -0.0408. The number of aromatic nitrogens is 4. The summed E-state index contributed by atoms with van der Waals surface area (Å²) in [5.41, 5.74) is 1.98. The molecule has 1 aromatic heterocycles. The number of likely N-dealkylation sites (N-methyl/N-ethyl adjacent to an activating group) is 2. The van der Waals surface area contributed by atoms with Crippen LogP contribution in [0.4, 0.5) is 0 Å². The van der Waals surface area contributed by atoms with Gasteiger partial charge in [-0.2, -0.15) is 4.80 Å². The smallest absolute Gasteiger partial charge is 0.246 e. The van der Waals surface area contributed by atoms with Gasteiger partial charge in [0.2, 0.25) is 17.6 Å². The van der Waals surface area contributed by atoms with Crippen molar-refractivity contribution in [2.45, 2.75) is 13.5 Å². The maximum atomic E-state index is 12.0. The molecule has 2 aromatic rings. The molecule has 116 valence electrons. The van der Waals surface area contributed by atoms with E-state index in [9.17, 15) is 9.59 Å². The van der Waals surface area contributed by atoms with Crippen molar-refractivity contribution in [1.29, 1.82) is 0 Å². The summed E-state index contributed by atoms with van der Waals surface area (Å²) in [5, 5.41) is 14.4. The Morgan fingerprint density at radius 2 is 1.95 bits per heavy atom. The fourth-order valence-electron chi connectivity index (χ4n) is 1.75. The molecule has 22 heavy (non-hydrogen) atoms. The molecule has 1 aromatic carbocycles. The number of hydrogen-bond acceptors (Lipinski definition) is 5. The van der Waals surface area contributed by atoms with Crippen molar-refractivity contribution in [2.24, 2.45) is 0 Å². The summed E-state index contributed by atoms with van der Waals surface area (Å²) in [6, 6.07) is 7.71. The molecule has 0 fully saturated rings. The first-order chi connectivity index (χ1) is 10.5. The Kier molecular flexibility index (Phi) is 4.82. The summed E-state index contributed by atoms with van der Waals surface area (Å²) in [6.45, 7) is 1.93. The third kappa shape index (κ3) is 3.87. The van der Waals surface area contributed by atoms with Crippen LogP contribution in [0.1, 0.15) is 5.56 Å². The Balaban J connectivity index is 2.01. The number of aryl methyl sites for hydroxylation is 1. The summed E-state index contributed by atoms with van der Waals surface area (Å²) < 4.78 is 0. The second kappa shape index (κ2) is 6.79. The lowest BCUT2D eigenvalue weighted by molar-refractivity contribution is -0.135. The van der Waals surface area contributed by atoms with Gasteiger partial charge in [0.25, 0.3) is 0 Å². The van der Waals surface area contributed by atoms with Crippen molar-refractivity contribution in [2.75, 3.05) is 20.6 Å². The number of benzene rings is 1. The quantitative estimate of drug-likeness (QED) is 0.829. The van der Waals surface area contributed by atoms with E-state index in [1.54, 1.807) is 7.05 Å². The van der Waals surface area contributed by atoms with Crippen molar-refractivity contribution in [3.05, 3.63) is 29.8 Å². The van der Waals surface area contributed by atoms with Gasteiger partial charge >= 0.3 is 0 Å². The molecule has 1 N–H and O–H groups in total. The molecule has 0 atom stereocenters. The van der Waals surface area contributed by atoms with Gasteiger partial charge in [0.05, 0.1) is 6.54 Å². The van der Waals surface area contributed by atoms with Crippen molar-refractivity contribution in [3.63, 3.8) is 0 Å². The zero-order chi connectivity index (χ0) is 16.1. The Morgan fingerprint density at radius 3 is 2.59 bits per heavy atom. The van der Waals surface area contributed by atoms with Gasteiger partial charge < -0.3 is 10.2 Å². The highest BCUT2D eigenvalue weighted by atomic mass is 16.2. The Morgan fingerprint density at radius 1 is 1.27 bits per heavy atom. The average Bonchev–Trinajstić information content (AvgIpc) is 2.96. The predicted molar refractivity (Wildman–Crippen MR) is 79.7 cm³/mol. The third-order valence-corrected chi connectivity index (χ3v) is 3.12. The second-order valence-corrected chi connectivity index (χ2v) is 4.93. The molecule has 0 saturated carbocycles. The number of hydrogen-bond donors (Lipinski definition) is 1. The van der Waals surface area contributed by atoms with Gasteiger partial charge in [-0.15, -0.1) is 10.2 Å². The minimum atomic E-state index is -0.267. The monoisotopic (exact) mass is 302 g/mol. The van der Waals surface area contributed by atoms with Gasteiger partial charge in [-0.3, -0.25) is 9.59 Å². The summed E-state index contributed by atoms with van der Waals surface area (Å²) >= 11 is 0. The van der Waals surface area contributed by atoms with E-state index in [1.807, 2.05) is 31.2 Å². The first-order valence-electron chi connectivity index (χ1n) is 6.79. The van der Waals surface area contributed by atoms with E-state index in [1.165, 1.54) is 16.7 Å². The zero-order valence-electron chi connectivity index (χ0n) is 12.8. The topological polar surface area (TPSA) is 93.0 Å². The lowest BCUT2D eigenvalue weighted by Gasteiger charge is -2.15. The van der Waals surface area contributed by atoms with E-state index in [2.05, 4.69) is 20.7 Å². The van der Waals surface area contributed by atoms with Crippen LogP contribution in [0.3, 0.4) is 0 Å². The molecule has 0 bridgehead atoms. The number of amides is 2. The summed E-state index contributed by atoms with van der Waals surface area (Å²) in [7, 11) is 3.07. The molecule has 0 aliphatic rings. The van der Waals surface area contributed by atoms with Crippen molar-refractivity contribution >= 4 is 11.8 Å². The van der Waals surface area contributed by atoms with E-state index in [4.69, 9.17) is 0 Å². The SMILES string of the molecule is CNC(=O)CN(C)C(=O)Cn1nnc(-c2ccc(C)cc2)n1. The van der Waals surface area contributed by atoms with Crippen LogP contribution < -0.4 is 5.32 Å². The predicted octanol–water partition coefficient (Wildman–Crippen LogP) is -0.147. The van der Waals surface area contributed by atoms with Gasteiger partial charge in [0.1, 0.15) is 6.54 Å². The number of nitrogens with zero attached hydrogens (tertiary/aromatic N) is 5. The van der Waals surface area contributed by atoms with Crippen molar-refractivity contribution in [3.8, 4) is 11.4 Å². The van der Waals surface area contributed by atoms with Gasteiger partial charge in [-0.05, 0) is 12.1 Å². The highest BCUT2D eigenvalue weighted by Crippen LogP contribution is 2.13. The lowest BCUT2D eigenvalue weighted by Crippen LogP contribution is -2.38. The van der Waals surface area contributed by atoms with Crippen LogP contribution >= 0.6 is 0 Å². The van der Waals surface area contributed by atoms with Crippen LogP contribution in [0.2, 0.25) is 0 Å². The van der Waals surface area contributed by atoms with Crippen LogP contribution in [0.15, 0.2) is 24.3 Å². The van der Waals surface area contributed by atoms with Gasteiger partial charge in [0, 0.05) is 19.7 Å². The van der Waals surface area contributed by atoms with Crippen LogP contribution in [-0.2, 0) is 16.1 Å². The van der Waals surface area contributed by atoms with Gasteiger partial charge in [-0.1, -0.05) is 29.8 Å². The Hall–Kier alpha value is -2.77. The molecule has 0 radical (unpaired) electrons. The molecule has 8 nitrogen and oxygen atoms in total. The maximum absolute atomic E-state index is 12.0. The van der Waals surface area contributed by atoms with Crippen molar-refractivity contribution < 1.29 is 9.59 Å². The third-order valence-electron chi connectivity index (χ3n) is 3.12. The molecule has 0 aliphatic heterocycles. The summed E-state index contributed by atoms with van der Waals surface area (Å²) in [4.78, 5) is 25.7. The van der Waals surface area contributed by atoms with Gasteiger partial charge in [0.15, 0.2) is 0 Å². The zero-order valence-corrected chi connectivity index (χ0v) is 12.8. The molecule has 1 heterocycles. The van der Waals surface area contributed by atoms with E-state index in [0.717, 1.165) is 11.1 Å². The van der Waals surface area contributed by atoms with Crippen LogP contribution in [0, 0.1) is 6.92 Å². The average molecular weight is 302 g/mol. The molecule has 0 spiro atoms. The Bertz CT molecular complexity index is 664. The van der Waals surface area contributed by atoms with E-state index < -0.39 is 0 Å². The van der Waals surface area contributed by atoms with Crippen LogP contribution in [0.5, 0.6) is 0 Å². The normalized spacial score (nSPS) is 10.3. The number of carbonyl (C=O) groups excluding carboxylic acids is 2. The molecule has 8 heteroatoms. The van der Waals surface area contributed by atoms with E-state index in [0.29, 0.717) is 5.82 Å². The first-order valence-corrected chi connectivity index (χ1v) is 6.79. The lowest BCUT2D eigenvalue weighted by atomic mass is 10.1. The number of carbonyl (C=O) groups is 2. The highest BCUT2D eigenvalue weighted by Gasteiger charge is 2.14. The first kappa shape index (κ1) is 15.6. The molecule has 0 aliphatic carbocycles. The van der Waals surface area contributed by atoms with Crippen molar-refractivity contribution in [1.82, 2.24) is 30.4 Å². The largest absolute Gasteiger partial charge is 0.358 e. The number of nitrogens with one attached hydrogen (secondary N) is 1. The number of rotatable bonds is 5. The van der Waals surface area contributed by atoms with E-state index >= 15 is 0 Å². The number of tetrazole rings is 1. The fourth-order valence-corrected chi connectivity index (χ4v) is 1.75. The minimum absolute atomic E-state index is 0.00511. The molecule has 0 saturated heterocycles. The minimum Gasteiger partial charge on any atom is -0.358 e.